The number of hydrogen-bond acceptors (Lipinski definition) is 2. The fourth-order valence-electron chi connectivity index (χ4n) is 1.17. The molecule has 0 rings (SSSR count). The van der Waals surface area contributed by atoms with Gasteiger partial charge in [0.2, 0.25) is 10.0 Å². The highest BCUT2D eigenvalue weighted by atomic mass is 35.5. The second-order valence-corrected chi connectivity index (χ2v) is 5.97. The molecule has 3 nitrogen and oxygen atoms in total. The molecule has 0 radical (unpaired) electrons. The van der Waals surface area contributed by atoms with Gasteiger partial charge in [0, 0.05) is 11.4 Å². The van der Waals surface area contributed by atoms with Crippen LogP contribution in [0.15, 0.2) is 0 Å². The lowest BCUT2D eigenvalue weighted by atomic mass is 10.2. The smallest absolute Gasteiger partial charge is 0.211 e. The Morgan fingerprint density at radius 2 is 1.92 bits per heavy atom. The zero-order valence-electron chi connectivity index (χ0n) is 8.38. The van der Waals surface area contributed by atoms with Crippen LogP contribution in [0.5, 0.6) is 0 Å². The summed E-state index contributed by atoms with van der Waals surface area (Å²) in [5, 5.41) is -0.000624. The average Bonchev–Trinajstić information content (AvgIpc) is 1.81. The Morgan fingerprint density at radius 3 is 2.31 bits per heavy atom. The molecule has 2 unspecified atom stereocenters. The summed E-state index contributed by atoms with van der Waals surface area (Å²) in [7, 11) is -3.09. The van der Waals surface area contributed by atoms with E-state index in [1.807, 2.05) is 20.8 Å². The number of hydrogen-bond donors (Lipinski definition) is 1. The van der Waals surface area contributed by atoms with Crippen LogP contribution in [0, 0.1) is 0 Å². The van der Waals surface area contributed by atoms with Gasteiger partial charge in [-0.15, -0.1) is 11.6 Å². The lowest BCUT2D eigenvalue weighted by Gasteiger charge is -2.14. The van der Waals surface area contributed by atoms with Gasteiger partial charge >= 0.3 is 0 Å². The molecule has 0 aliphatic heterocycles. The van der Waals surface area contributed by atoms with Crippen LogP contribution in [0.25, 0.3) is 0 Å². The van der Waals surface area contributed by atoms with Crippen LogP contribution < -0.4 is 4.72 Å². The van der Waals surface area contributed by atoms with Crippen molar-refractivity contribution >= 4 is 21.6 Å². The molecular weight excluding hydrogens is 210 g/mol. The number of alkyl halides is 1. The molecule has 1 N–H and O–H groups in total. The molecule has 0 bridgehead atoms. The maximum Gasteiger partial charge on any atom is 0.211 e. The van der Waals surface area contributed by atoms with Gasteiger partial charge in [-0.2, -0.15) is 0 Å². The first-order valence-corrected chi connectivity index (χ1v) is 6.60. The molecular formula is C8H18ClNO2S. The summed E-state index contributed by atoms with van der Waals surface area (Å²) < 4.78 is 25.1. The molecule has 0 heterocycles. The Kier molecular flexibility index (Phi) is 5.92. The second-order valence-electron chi connectivity index (χ2n) is 3.35. The molecule has 13 heavy (non-hydrogen) atoms. The summed E-state index contributed by atoms with van der Waals surface area (Å²) in [4.78, 5) is 0. The normalized spacial score (nSPS) is 16.9. The Morgan fingerprint density at radius 1 is 1.38 bits per heavy atom. The molecule has 5 heteroatoms. The van der Waals surface area contributed by atoms with Crippen molar-refractivity contribution in [3.05, 3.63) is 0 Å². The van der Waals surface area contributed by atoms with Gasteiger partial charge in [0.25, 0.3) is 0 Å². The van der Waals surface area contributed by atoms with E-state index in [9.17, 15) is 8.42 Å². The van der Waals surface area contributed by atoms with Gasteiger partial charge in [0.05, 0.1) is 5.75 Å². The van der Waals surface area contributed by atoms with E-state index in [4.69, 9.17) is 11.6 Å². The summed E-state index contributed by atoms with van der Waals surface area (Å²) in [5.41, 5.74) is 0. The van der Waals surface area contributed by atoms with E-state index in [0.29, 0.717) is 12.8 Å². The van der Waals surface area contributed by atoms with Crippen molar-refractivity contribution in [3.8, 4) is 0 Å². The van der Waals surface area contributed by atoms with Crippen molar-refractivity contribution in [1.82, 2.24) is 4.72 Å². The zero-order valence-corrected chi connectivity index (χ0v) is 9.95. The van der Waals surface area contributed by atoms with E-state index in [-0.39, 0.29) is 17.2 Å². The van der Waals surface area contributed by atoms with Gasteiger partial charge in [-0.25, -0.2) is 13.1 Å². The van der Waals surface area contributed by atoms with Crippen LogP contribution in [-0.2, 0) is 10.0 Å². The predicted octanol–water partition coefficient (Wildman–Crippen LogP) is 1.72. The molecule has 80 valence electrons. The van der Waals surface area contributed by atoms with E-state index in [0.717, 1.165) is 0 Å². The molecule has 0 fully saturated rings. The van der Waals surface area contributed by atoms with E-state index in [1.165, 1.54) is 0 Å². The van der Waals surface area contributed by atoms with Crippen molar-refractivity contribution < 1.29 is 8.42 Å². The molecule has 0 amide bonds. The van der Waals surface area contributed by atoms with Crippen LogP contribution >= 0.6 is 11.6 Å². The van der Waals surface area contributed by atoms with Crippen LogP contribution in [0.1, 0.15) is 33.6 Å². The third-order valence-electron chi connectivity index (χ3n) is 1.53. The lowest BCUT2D eigenvalue weighted by molar-refractivity contribution is 0.544. The van der Waals surface area contributed by atoms with Gasteiger partial charge in [0.1, 0.15) is 0 Å². The molecule has 2 atom stereocenters. The minimum atomic E-state index is -3.09. The van der Waals surface area contributed by atoms with Crippen LogP contribution in [0.2, 0.25) is 0 Å². The topological polar surface area (TPSA) is 46.2 Å². The molecule has 0 spiro atoms. The zero-order chi connectivity index (χ0) is 10.5. The highest BCUT2D eigenvalue weighted by Gasteiger charge is 2.14. The lowest BCUT2D eigenvalue weighted by Crippen LogP contribution is -2.35. The average molecular weight is 228 g/mol. The maximum atomic E-state index is 11.3. The summed E-state index contributed by atoms with van der Waals surface area (Å²) in [6, 6.07) is -0.0796. The maximum absolute atomic E-state index is 11.3. The summed E-state index contributed by atoms with van der Waals surface area (Å²) in [6.07, 6.45) is 1.29. The van der Waals surface area contributed by atoms with Gasteiger partial charge in [-0.05, 0) is 26.7 Å². The van der Waals surface area contributed by atoms with Crippen LogP contribution in [0.4, 0.5) is 0 Å². The van der Waals surface area contributed by atoms with Crippen molar-refractivity contribution in [2.45, 2.75) is 45.0 Å². The largest absolute Gasteiger partial charge is 0.212 e. The van der Waals surface area contributed by atoms with Gasteiger partial charge in [-0.3, -0.25) is 0 Å². The highest BCUT2D eigenvalue weighted by Crippen LogP contribution is 2.05. The molecule has 0 aromatic carbocycles. The number of nitrogens with one attached hydrogen (secondary N) is 1. The van der Waals surface area contributed by atoms with Crippen molar-refractivity contribution in [2.24, 2.45) is 0 Å². The fraction of sp³-hybridized carbons (Fsp3) is 1.00. The number of rotatable bonds is 6. The predicted molar refractivity (Wildman–Crippen MR) is 56.6 cm³/mol. The standard InChI is InChI=1S/C8H18ClNO2S/c1-4-5-13(11,12)10-8(3)6-7(2)9/h7-8,10H,4-6H2,1-3H3. The van der Waals surface area contributed by atoms with E-state index < -0.39 is 10.0 Å². The third-order valence-corrected chi connectivity index (χ3v) is 3.42. The second kappa shape index (κ2) is 5.83. The van der Waals surface area contributed by atoms with E-state index in [1.54, 1.807) is 0 Å². The van der Waals surface area contributed by atoms with E-state index in [2.05, 4.69) is 4.72 Å². The molecule has 0 aromatic rings. The van der Waals surface area contributed by atoms with Crippen molar-refractivity contribution in [2.75, 3.05) is 5.75 Å². The Bertz CT molecular complexity index is 226. The molecule has 0 saturated heterocycles. The molecule has 0 aliphatic carbocycles. The number of halogens is 1. The first kappa shape index (κ1) is 13.2. The minimum absolute atomic E-state index is 0.000624. The van der Waals surface area contributed by atoms with Crippen molar-refractivity contribution in [3.63, 3.8) is 0 Å². The summed E-state index contributed by atoms with van der Waals surface area (Å²) in [6.45, 7) is 5.52. The highest BCUT2D eigenvalue weighted by molar-refractivity contribution is 7.89. The van der Waals surface area contributed by atoms with Gasteiger partial charge in [-0.1, -0.05) is 6.92 Å². The monoisotopic (exact) mass is 227 g/mol. The van der Waals surface area contributed by atoms with E-state index >= 15 is 0 Å². The summed E-state index contributed by atoms with van der Waals surface area (Å²) >= 11 is 5.74. The van der Waals surface area contributed by atoms with Gasteiger partial charge in [0.15, 0.2) is 0 Å². The first-order valence-electron chi connectivity index (χ1n) is 4.51. The van der Waals surface area contributed by atoms with Crippen LogP contribution in [-0.4, -0.2) is 25.6 Å². The quantitative estimate of drug-likeness (QED) is 0.703. The Hall–Kier alpha value is 0.200. The minimum Gasteiger partial charge on any atom is -0.212 e. The number of sulfonamides is 1. The van der Waals surface area contributed by atoms with Gasteiger partial charge < -0.3 is 0 Å². The molecule has 0 aromatic heterocycles. The third kappa shape index (κ3) is 7.28. The first-order chi connectivity index (χ1) is 5.87. The molecule has 0 aliphatic rings. The molecule has 0 saturated carbocycles. The Labute approximate surface area is 85.9 Å². The summed E-state index contributed by atoms with van der Waals surface area (Å²) in [5.74, 6) is 0.188. The fourth-order valence-corrected chi connectivity index (χ4v) is 2.80. The SMILES string of the molecule is CCCS(=O)(=O)NC(C)CC(C)Cl. The van der Waals surface area contributed by atoms with Crippen LogP contribution in [0.3, 0.4) is 0 Å². The Balaban J connectivity index is 3.97. The van der Waals surface area contributed by atoms with Crippen molar-refractivity contribution in [1.29, 1.82) is 0 Å².